The lowest BCUT2D eigenvalue weighted by molar-refractivity contribution is 0.219. The first-order chi connectivity index (χ1) is 11.8. The van der Waals surface area contributed by atoms with Gasteiger partial charge in [0.15, 0.2) is 9.84 Å². The predicted molar refractivity (Wildman–Crippen MR) is 91.1 cm³/mol. The van der Waals surface area contributed by atoms with Crippen LogP contribution in [-0.4, -0.2) is 33.4 Å². The van der Waals surface area contributed by atoms with E-state index in [4.69, 9.17) is 4.74 Å². The molecule has 0 radical (unpaired) electrons. The molecule has 0 unspecified atom stereocenters. The van der Waals surface area contributed by atoms with Crippen molar-refractivity contribution in [3.05, 3.63) is 53.8 Å². The molecule has 0 aliphatic carbocycles. The number of hydrogen-bond donors (Lipinski definition) is 2. The van der Waals surface area contributed by atoms with Crippen LogP contribution in [0.25, 0.3) is 0 Å². The molecule has 1 atom stereocenters. The summed E-state index contributed by atoms with van der Waals surface area (Å²) in [5.74, 6) is 0.0775. The summed E-state index contributed by atoms with van der Waals surface area (Å²) in [5.41, 5.74) is 0.873. The smallest absolute Gasteiger partial charge is 0.319 e. The van der Waals surface area contributed by atoms with Crippen molar-refractivity contribution in [2.24, 2.45) is 0 Å². The zero-order valence-electron chi connectivity index (χ0n) is 13.5. The number of fused-ring (bicyclic) bond motifs is 1. The molecule has 132 valence electrons. The topological polar surface area (TPSA) is 84.5 Å². The number of para-hydroxylation sites is 1. The van der Waals surface area contributed by atoms with Crippen molar-refractivity contribution in [2.75, 3.05) is 18.1 Å². The second-order valence-electron chi connectivity index (χ2n) is 5.80. The molecule has 6 nitrogen and oxygen atoms in total. The van der Waals surface area contributed by atoms with E-state index in [1.54, 1.807) is 0 Å². The van der Waals surface area contributed by atoms with Crippen LogP contribution in [0.3, 0.4) is 0 Å². The number of amides is 2. The minimum Gasteiger partial charge on any atom is -0.488 e. The maximum atomic E-state index is 13.8. The van der Waals surface area contributed by atoms with Crippen LogP contribution in [0.15, 0.2) is 47.4 Å². The third-order valence-electron chi connectivity index (χ3n) is 3.82. The van der Waals surface area contributed by atoms with Crippen LogP contribution in [0.5, 0.6) is 5.75 Å². The fourth-order valence-electron chi connectivity index (χ4n) is 2.57. The number of hydrogen-bond acceptors (Lipinski definition) is 4. The standard InChI is InChI=1S/C17H17FN2O4S/c1-25(22,23)13-6-7-14(18)15(9-13)20-17(21)19-10-12-8-11-4-2-3-5-16(11)24-12/h2-7,9,12H,8,10H2,1H3,(H2,19,20,21)/t12-/m1/s1. The van der Waals surface area contributed by atoms with E-state index in [0.29, 0.717) is 6.42 Å². The summed E-state index contributed by atoms with van der Waals surface area (Å²) in [6.07, 6.45) is 1.49. The molecular weight excluding hydrogens is 347 g/mol. The summed E-state index contributed by atoms with van der Waals surface area (Å²) in [6, 6.07) is 10.2. The lowest BCUT2D eigenvalue weighted by Crippen LogP contribution is -2.37. The highest BCUT2D eigenvalue weighted by Gasteiger charge is 2.22. The second-order valence-corrected chi connectivity index (χ2v) is 7.82. The van der Waals surface area contributed by atoms with Crippen LogP contribution in [0, 0.1) is 5.82 Å². The van der Waals surface area contributed by atoms with Crippen LogP contribution in [0.4, 0.5) is 14.9 Å². The van der Waals surface area contributed by atoms with Gasteiger partial charge >= 0.3 is 6.03 Å². The third kappa shape index (κ3) is 4.08. The number of halogens is 1. The Hall–Kier alpha value is -2.61. The molecule has 8 heteroatoms. The summed E-state index contributed by atoms with van der Waals surface area (Å²) < 4.78 is 42.5. The number of urea groups is 1. The van der Waals surface area contributed by atoms with Gasteiger partial charge in [-0.15, -0.1) is 0 Å². The van der Waals surface area contributed by atoms with Gasteiger partial charge in [-0.3, -0.25) is 0 Å². The van der Waals surface area contributed by atoms with Crippen molar-refractivity contribution in [3.63, 3.8) is 0 Å². The first kappa shape index (κ1) is 17.2. The Morgan fingerprint density at radius 2 is 2.04 bits per heavy atom. The molecule has 2 N–H and O–H groups in total. The van der Waals surface area contributed by atoms with Gasteiger partial charge in [-0.1, -0.05) is 18.2 Å². The number of ether oxygens (including phenoxy) is 1. The Balaban J connectivity index is 1.59. The molecular formula is C17H17FN2O4S. The van der Waals surface area contributed by atoms with Crippen molar-refractivity contribution in [2.45, 2.75) is 17.4 Å². The minimum absolute atomic E-state index is 0.0706. The Morgan fingerprint density at radius 1 is 1.28 bits per heavy atom. The van der Waals surface area contributed by atoms with Crippen LogP contribution in [-0.2, 0) is 16.3 Å². The van der Waals surface area contributed by atoms with Gasteiger partial charge in [-0.2, -0.15) is 0 Å². The average molecular weight is 364 g/mol. The van der Waals surface area contributed by atoms with E-state index in [2.05, 4.69) is 10.6 Å². The van der Waals surface area contributed by atoms with E-state index in [1.807, 2.05) is 24.3 Å². The number of benzene rings is 2. The average Bonchev–Trinajstić information content (AvgIpc) is 2.97. The monoisotopic (exact) mass is 364 g/mol. The number of rotatable bonds is 4. The van der Waals surface area contributed by atoms with Crippen molar-refractivity contribution in [1.29, 1.82) is 0 Å². The molecule has 0 fully saturated rings. The fraction of sp³-hybridized carbons (Fsp3) is 0.235. The van der Waals surface area contributed by atoms with E-state index < -0.39 is 21.7 Å². The number of carbonyl (C=O) groups is 1. The molecule has 0 aromatic heterocycles. The van der Waals surface area contributed by atoms with Gasteiger partial charge in [0.25, 0.3) is 0 Å². The van der Waals surface area contributed by atoms with E-state index >= 15 is 0 Å². The SMILES string of the molecule is CS(=O)(=O)c1ccc(F)c(NC(=O)NC[C@H]2Cc3ccccc3O2)c1. The molecule has 1 aliphatic rings. The first-order valence-electron chi connectivity index (χ1n) is 7.62. The molecule has 0 spiro atoms. The van der Waals surface area contributed by atoms with Gasteiger partial charge in [-0.05, 0) is 29.8 Å². The minimum atomic E-state index is -3.49. The van der Waals surface area contributed by atoms with Gasteiger partial charge in [-0.25, -0.2) is 17.6 Å². The van der Waals surface area contributed by atoms with Gasteiger partial charge in [0, 0.05) is 12.7 Å². The molecule has 25 heavy (non-hydrogen) atoms. The summed E-state index contributed by atoms with van der Waals surface area (Å²) >= 11 is 0. The lowest BCUT2D eigenvalue weighted by atomic mass is 10.1. The highest BCUT2D eigenvalue weighted by Crippen LogP contribution is 2.27. The van der Waals surface area contributed by atoms with Crippen LogP contribution < -0.4 is 15.4 Å². The third-order valence-corrected chi connectivity index (χ3v) is 4.93. The van der Waals surface area contributed by atoms with E-state index in [0.717, 1.165) is 35.8 Å². The van der Waals surface area contributed by atoms with E-state index in [9.17, 15) is 17.6 Å². The zero-order valence-corrected chi connectivity index (χ0v) is 14.3. The second kappa shape index (κ2) is 6.72. The van der Waals surface area contributed by atoms with E-state index in [-0.39, 0.29) is 23.2 Å². The molecule has 0 saturated heterocycles. The quantitative estimate of drug-likeness (QED) is 0.816. The van der Waals surface area contributed by atoms with Gasteiger partial charge in [0.2, 0.25) is 0 Å². The van der Waals surface area contributed by atoms with Crippen molar-refractivity contribution >= 4 is 21.6 Å². The Bertz CT molecular complexity index is 890. The summed E-state index contributed by atoms with van der Waals surface area (Å²) in [5, 5.41) is 4.92. The Morgan fingerprint density at radius 3 is 2.76 bits per heavy atom. The molecule has 3 rings (SSSR count). The molecule has 2 aromatic rings. The van der Waals surface area contributed by atoms with Gasteiger partial charge in [0.05, 0.1) is 17.1 Å². The number of carbonyl (C=O) groups excluding carboxylic acids is 1. The Kier molecular flexibility index (Phi) is 4.63. The van der Waals surface area contributed by atoms with Crippen LogP contribution >= 0.6 is 0 Å². The normalized spacial score (nSPS) is 16.0. The highest BCUT2D eigenvalue weighted by molar-refractivity contribution is 7.90. The molecule has 2 amide bonds. The molecule has 1 heterocycles. The summed E-state index contributed by atoms with van der Waals surface area (Å²) in [7, 11) is -3.49. The molecule has 0 bridgehead atoms. The predicted octanol–water partition coefficient (Wildman–Crippen LogP) is 2.35. The van der Waals surface area contributed by atoms with Crippen molar-refractivity contribution in [3.8, 4) is 5.75 Å². The maximum Gasteiger partial charge on any atom is 0.319 e. The molecule has 2 aromatic carbocycles. The van der Waals surface area contributed by atoms with Gasteiger partial charge in [0.1, 0.15) is 17.7 Å². The van der Waals surface area contributed by atoms with Crippen LogP contribution in [0.1, 0.15) is 5.56 Å². The van der Waals surface area contributed by atoms with Gasteiger partial charge < -0.3 is 15.4 Å². The number of nitrogens with one attached hydrogen (secondary N) is 2. The first-order valence-corrected chi connectivity index (χ1v) is 9.51. The fourth-order valence-corrected chi connectivity index (χ4v) is 3.22. The lowest BCUT2D eigenvalue weighted by Gasteiger charge is -2.13. The molecule has 1 aliphatic heterocycles. The number of sulfone groups is 1. The Labute approximate surface area is 144 Å². The summed E-state index contributed by atoms with van der Waals surface area (Å²) in [4.78, 5) is 11.9. The maximum absolute atomic E-state index is 13.8. The summed E-state index contributed by atoms with van der Waals surface area (Å²) in [6.45, 7) is 0.244. The highest BCUT2D eigenvalue weighted by atomic mass is 32.2. The van der Waals surface area contributed by atoms with E-state index in [1.165, 1.54) is 0 Å². The van der Waals surface area contributed by atoms with Crippen molar-refractivity contribution in [1.82, 2.24) is 5.32 Å². The zero-order chi connectivity index (χ0) is 18.0. The number of anilines is 1. The molecule has 0 saturated carbocycles. The largest absolute Gasteiger partial charge is 0.488 e. The van der Waals surface area contributed by atoms with Crippen LogP contribution in [0.2, 0.25) is 0 Å². The van der Waals surface area contributed by atoms with Crippen molar-refractivity contribution < 1.29 is 22.3 Å².